The first kappa shape index (κ1) is 18.7. The monoisotopic (exact) mass is 361 g/mol. The summed E-state index contributed by atoms with van der Waals surface area (Å²) in [4.78, 5) is 23.2. The number of allylic oxidation sites excluding steroid dienone is 1. The number of hydrogen-bond acceptors (Lipinski definition) is 4. The molecular formula is C22H23N3O2. The summed E-state index contributed by atoms with van der Waals surface area (Å²) in [6.45, 7) is 5.67. The number of hydrogen-bond donors (Lipinski definition) is 0. The van der Waals surface area contributed by atoms with E-state index in [4.69, 9.17) is 4.74 Å². The van der Waals surface area contributed by atoms with Crippen LogP contribution in [0.15, 0.2) is 48.2 Å². The second-order valence-corrected chi connectivity index (χ2v) is 6.32. The molecule has 1 fully saturated rings. The number of likely N-dealkylation sites (tertiary alicyclic amines) is 1. The lowest BCUT2D eigenvalue weighted by molar-refractivity contribution is 0.0738. The molecule has 0 aromatic carbocycles. The fourth-order valence-corrected chi connectivity index (χ4v) is 2.94. The Morgan fingerprint density at radius 2 is 2.07 bits per heavy atom. The van der Waals surface area contributed by atoms with Gasteiger partial charge in [0.15, 0.2) is 0 Å². The largest absolute Gasteiger partial charge is 0.477 e. The van der Waals surface area contributed by atoms with Gasteiger partial charge < -0.3 is 9.64 Å². The summed E-state index contributed by atoms with van der Waals surface area (Å²) in [5.74, 6) is 6.54. The molecule has 0 unspecified atom stereocenters. The average molecular weight is 361 g/mol. The maximum absolute atomic E-state index is 12.8. The van der Waals surface area contributed by atoms with Crippen molar-refractivity contribution in [2.24, 2.45) is 0 Å². The Balaban J connectivity index is 1.61. The van der Waals surface area contributed by atoms with E-state index in [0.29, 0.717) is 31.1 Å². The fourth-order valence-electron chi connectivity index (χ4n) is 2.94. The van der Waals surface area contributed by atoms with Gasteiger partial charge in [0.2, 0.25) is 5.88 Å². The Hall–Kier alpha value is -3.13. The van der Waals surface area contributed by atoms with Crippen LogP contribution in [0.25, 0.3) is 0 Å². The van der Waals surface area contributed by atoms with Crippen LogP contribution in [-0.2, 0) is 0 Å². The number of carbonyl (C=O) groups is 1. The van der Waals surface area contributed by atoms with Crippen molar-refractivity contribution in [3.63, 3.8) is 0 Å². The van der Waals surface area contributed by atoms with Crippen LogP contribution in [0.5, 0.6) is 5.88 Å². The number of amides is 1. The van der Waals surface area contributed by atoms with Crippen molar-refractivity contribution in [3.8, 4) is 17.7 Å². The van der Waals surface area contributed by atoms with Crippen molar-refractivity contribution >= 4 is 5.91 Å². The maximum Gasteiger partial charge on any atom is 0.259 e. The van der Waals surface area contributed by atoms with E-state index < -0.39 is 0 Å². The summed E-state index contributed by atoms with van der Waals surface area (Å²) in [6.07, 6.45) is 5.25. The van der Waals surface area contributed by atoms with Gasteiger partial charge in [0, 0.05) is 25.0 Å². The normalized spacial score (nSPS) is 13.6. The highest BCUT2D eigenvalue weighted by atomic mass is 16.5. The lowest BCUT2D eigenvalue weighted by atomic mass is 10.0. The summed E-state index contributed by atoms with van der Waals surface area (Å²) < 4.78 is 5.48. The van der Waals surface area contributed by atoms with Crippen molar-refractivity contribution in [2.75, 3.05) is 19.7 Å². The maximum atomic E-state index is 12.8. The third-order valence-corrected chi connectivity index (χ3v) is 4.34. The molecule has 2 aromatic rings. The van der Waals surface area contributed by atoms with Gasteiger partial charge in [-0.1, -0.05) is 17.6 Å². The number of pyridine rings is 2. The number of nitrogens with zero attached hydrogens (tertiary/aromatic N) is 3. The second kappa shape index (κ2) is 9.00. The van der Waals surface area contributed by atoms with Gasteiger partial charge in [-0.25, -0.2) is 9.97 Å². The second-order valence-electron chi connectivity index (χ2n) is 6.32. The van der Waals surface area contributed by atoms with Crippen LogP contribution >= 0.6 is 0 Å². The third kappa shape index (κ3) is 4.95. The van der Waals surface area contributed by atoms with E-state index in [1.165, 1.54) is 5.57 Å². The number of ether oxygens (including phenoxy) is 1. The van der Waals surface area contributed by atoms with E-state index in [1.807, 2.05) is 43.0 Å². The Bertz CT molecular complexity index is 899. The topological polar surface area (TPSA) is 55.3 Å². The van der Waals surface area contributed by atoms with E-state index in [0.717, 1.165) is 24.2 Å². The molecular weight excluding hydrogens is 338 g/mol. The first-order valence-electron chi connectivity index (χ1n) is 9.17. The van der Waals surface area contributed by atoms with Crippen LogP contribution in [0, 0.1) is 18.8 Å². The van der Waals surface area contributed by atoms with Crippen molar-refractivity contribution < 1.29 is 9.53 Å². The molecule has 0 radical (unpaired) electrons. The quantitative estimate of drug-likeness (QED) is 0.787. The van der Waals surface area contributed by atoms with Gasteiger partial charge in [0.1, 0.15) is 11.3 Å². The van der Waals surface area contributed by atoms with Gasteiger partial charge in [-0.2, -0.15) is 0 Å². The van der Waals surface area contributed by atoms with Crippen LogP contribution in [0.3, 0.4) is 0 Å². The number of aryl methyl sites for hydroxylation is 1. The molecule has 2 aromatic heterocycles. The Labute approximate surface area is 160 Å². The van der Waals surface area contributed by atoms with Crippen LogP contribution in [0.4, 0.5) is 0 Å². The Morgan fingerprint density at radius 1 is 1.26 bits per heavy atom. The summed E-state index contributed by atoms with van der Waals surface area (Å²) in [5.41, 5.74) is 3.52. The molecule has 1 amide bonds. The first-order chi connectivity index (χ1) is 13.2. The number of rotatable bonds is 3. The highest BCUT2D eigenvalue weighted by Crippen LogP contribution is 2.21. The molecule has 1 saturated heterocycles. The molecule has 5 heteroatoms. The van der Waals surface area contributed by atoms with E-state index >= 15 is 0 Å². The van der Waals surface area contributed by atoms with Crippen LogP contribution in [0.1, 0.15) is 41.5 Å². The summed E-state index contributed by atoms with van der Waals surface area (Å²) >= 11 is 0. The molecule has 5 nitrogen and oxygen atoms in total. The standard InChI is InChI=1S/C22H23N3O2/c1-3-27-21-20(11-6-14-23-21)22(26)25-15-12-18(13-16-25)8-5-10-19-9-4-7-17(2)24-19/h4,6-9,11,14H,3,12-13,15-16H2,1-2H3. The molecule has 0 atom stereocenters. The molecule has 0 bridgehead atoms. The molecule has 0 aliphatic carbocycles. The van der Waals surface area contributed by atoms with Crippen molar-refractivity contribution in [1.29, 1.82) is 0 Å². The molecule has 1 aliphatic heterocycles. The van der Waals surface area contributed by atoms with Crippen molar-refractivity contribution in [3.05, 3.63) is 65.1 Å². The van der Waals surface area contributed by atoms with E-state index in [9.17, 15) is 4.79 Å². The molecule has 138 valence electrons. The van der Waals surface area contributed by atoms with Gasteiger partial charge in [-0.05, 0) is 63.0 Å². The molecule has 3 rings (SSSR count). The predicted octanol–water partition coefficient (Wildman–Crippen LogP) is 3.40. The van der Waals surface area contributed by atoms with Crippen LogP contribution in [0.2, 0.25) is 0 Å². The predicted molar refractivity (Wildman–Crippen MR) is 104 cm³/mol. The van der Waals surface area contributed by atoms with Gasteiger partial charge in [0.05, 0.1) is 6.61 Å². The number of aromatic nitrogens is 2. The third-order valence-electron chi connectivity index (χ3n) is 4.34. The molecule has 0 spiro atoms. The summed E-state index contributed by atoms with van der Waals surface area (Å²) in [7, 11) is 0. The summed E-state index contributed by atoms with van der Waals surface area (Å²) in [5, 5.41) is 0. The molecule has 3 heterocycles. The highest BCUT2D eigenvalue weighted by molar-refractivity contribution is 5.96. The van der Waals surface area contributed by atoms with Crippen LogP contribution in [-0.4, -0.2) is 40.5 Å². The van der Waals surface area contributed by atoms with E-state index in [2.05, 4.69) is 21.8 Å². The Morgan fingerprint density at radius 3 is 2.81 bits per heavy atom. The molecule has 0 N–H and O–H groups in total. The minimum absolute atomic E-state index is 0.0272. The van der Waals surface area contributed by atoms with E-state index in [1.54, 1.807) is 18.3 Å². The summed E-state index contributed by atoms with van der Waals surface area (Å²) in [6, 6.07) is 9.35. The minimum atomic E-state index is -0.0272. The smallest absolute Gasteiger partial charge is 0.259 e. The molecule has 0 saturated carbocycles. The van der Waals surface area contributed by atoms with Gasteiger partial charge in [-0.3, -0.25) is 4.79 Å². The zero-order chi connectivity index (χ0) is 19.1. The zero-order valence-corrected chi connectivity index (χ0v) is 15.7. The zero-order valence-electron chi connectivity index (χ0n) is 15.7. The average Bonchev–Trinajstić information content (AvgIpc) is 2.69. The minimum Gasteiger partial charge on any atom is -0.477 e. The lowest BCUT2D eigenvalue weighted by Gasteiger charge is -2.28. The van der Waals surface area contributed by atoms with E-state index in [-0.39, 0.29) is 5.91 Å². The Kier molecular flexibility index (Phi) is 6.22. The lowest BCUT2D eigenvalue weighted by Crippen LogP contribution is -2.36. The van der Waals surface area contributed by atoms with Crippen molar-refractivity contribution in [2.45, 2.75) is 26.7 Å². The fraction of sp³-hybridized carbons (Fsp3) is 0.318. The number of carbonyl (C=O) groups excluding carboxylic acids is 1. The first-order valence-corrected chi connectivity index (χ1v) is 9.17. The highest BCUT2D eigenvalue weighted by Gasteiger charge is 2.23. The van der Waals surface area contributed by atoms with Gasteiger partial charge in [0.25, 0.3) is 5.91 Å². The SMILES string of the molecule is CCOc1ncccc1C(=O)N1CCC(=CC#Cc2cccc(C)n2)CC1. The van der Waals surface area contributed by atoms with Gasteiger partial charge in [-0.15, -0.1) is 0 Å². The van der Waals surface area contributed by atoms with Crippen molar-refractivity contribution in [1.82, 2.24) is 14.9 Å². The molecule has 27 heavy (non-hydrogen) atoms. The number of piperidine rings is 1. The van der Waals surface area contributed by atoms with Crippen LogP contribution < -0.4 is 4.74 Å². The molecule has 1 aliphatic rings. The van der Waals surface area contributed by atoms with Gasteiger partial charge >= 0.3 is 0 Å².